The molecule has 2 aromatic carbocycles. The van der Waals surface area contributed by atoms with Crippen molar-refractivity contribution in [2.45, 2.75) is 19.3 Å². The number of anilines is 1. The molecule has 0 bridgehead atoms. The molecule has 0 radical (unpaired) electrons. The molecule has 1 N–H and O–H groups in total. The molecule has 0 aliphatic rings. The highest BCUT2D eigenvalue weighted by Crippen LogP contribution is 2.25. The van der Waals surface area contributed by atoms with Crippen molar-refractivity contribution in [2.24, 2.45) is 0 Å². The third kappa shape index (κ3) is 2.73. The van der Waals surface area contributed by atoms with E-state index in [1.807, 2.05) is 42.5 Å². The Morgan fingerprint density at radius 2 is 1.76 bits per heavy atom. The number of alkyl halides is 2. The second-order valence-corrected chi connectivity index (χ2v) is 4.09. The van der Waals surface area contributed by atoms with Gasteiger partial charge in [0.05, 0.1) is 6.54 Å². The largest absolute Gasteiger partial charge is 0.378 e. The Balaban J connectivity index is 2.24. The number of rotatable bonds is 4. The zero-order valence-corrected chi connectivity index (χ0v) is 9.71. The van der Waals surface area contributed by atoms with Gasteiger partial charge in [0, 0.05) is 17.5 Å². The molecule has 0 fully saturated rings. The molecule has 1 nitrogen and oxygen atoms in total. The first-order chi connectivity index (χ1) is 8.12. The van der Waals surface area contributed by atoms with Crippen molar-refractivity contribution in [1.29, 1.82) is 0 Å². The summed E-state index contributed by atoms with van der Waals surface area (Å²) >= 11 is 0. The molecule has 0 spiro atoms. The second kappa shape index (κ2) is 4.70. The number of fused-ring (bicyclic) bond motifs is 1. The van der Waals surface area contributed by atoms with E-state index >= 15 is 0 Å². The lowest BCUT2D eigenvalue weighted by atomic mass is 10.1. The van der Waals surface area contributed by atoms with E-state index in [0.29, 0.717) is 0 Å². The number of hydrogen-bond donors (Lipinski definition) is 1. The Bertz CT molecular complexity index is 503. The van der Waals surface area contributed by atoms with Crippen LogP contribution >= 0.6 is 0 Å². The average molecular weight is 235 g/mol. The minimum atomic E-state index is -2.66. The van der Waals surface area contributed by atoms with Gasteiger partial charge in [-0.3, -0.25) is 0 Å². The normalized spacial score (nSPS) is 11.7. The van der Waals surface area contributed by atoms with E-state index < -0.39 is 5.92 Å². The molecule has 2 aromatic rings. The molecule has 0 saturated carbocycles. The van der Waals surface area contributed by atoms with Crippen LogP contribution < -0.4 is 5.32 Å². The van der Waals surface area contributed by atoms with Gasteiger partial charge in [-0.2, -0.15) is 0 Å². The number of halogens is 2. The smallest absolute Gasteiger partial charge is 0.264 e. The molecule has 0 aliphatic heterocycles. The average Bonchev–Trinajstić information content (AvgIpc) is 2.36. The summed E-state index contributed by atoms with van der Waals surface area (Å²) in [5, 5.41) is 4.86. The van der Waals surface area contributed by atoms with Gasteiger partial charge in [-0.15, -0.1) is 0 Å². The van der Waals surface area contributed by atoms with E-state index in [1.54, 1.807) is 0 Å². The Morgan fingerprint density at radius 1 is 1.06 bits per heavy atom. The monoisotopic (exact) mass is 235 g/mol. The summed E-state index contributed by atoms with van der Waals surface area (Å²) in [5.74, 6) is -2.66. The summed E-state index contributed by atoms with van der Waals surface area (Å²) in [7, 11) is 0. The van der Waals surface area contributed by atoms with Crippen molar-refractivity contribution in [3.05, 3.63) is 42.5 Å². The Kier molecular flexibility index (Phi) is 3.27. The Morgan fingerprint density at radius 3 is 2.53 bits per heavy atom. The third-order valence-electron chi connectivity index (χ3n) is 2.84. The van der Waals surface area contributed by atoms with Crippen LogP contribution in [-0.4, -0.2) is 12.5 Å². The topological polar surface area (TPSA) is 12.0 Å². The van der Waals surface area contributed by atoms with Gasteiger partial charge >= 0.3 is 0 Å². The molecular formula is C14H15F2N. The van der Waals surface area contributed by atoms with Gasteiger partial charge in [-0.05, 0) is 11.5 Å². The lowest BCUT2D eigenvalue weighted by Gasteiger charge is -2.16. The number of nitrogens with one attached hydrogen (secondary N) is 1. The lowest BCUT2D eigenvalue weighted by molar-refractivity contribution is 0.0116. The maximum absolute atomic E-state index is 13.2. The summed E-state index contributed by atoms with van der Waals surface area (Å²) in [4.78, 5) is 0. The predicted molar refractivity (Wildman–Crippen MR) is 67.7 cm³/mol. The van der Waals surface area contributed by atoms with Crippen LogP contribution in [-0.2, 0) is 0 Å². The maximum atomic E-state index is 13.2. The number of benzene rings is 2. The highest BCUT2D eigenvalue weighted by molar-refractivity contribution is 5.93. The van der Waals surface area contributed by atoms with E-state index in [1.165, 1.54) is 6.92 Å². The zero-order valence-electron chi connectivity index (χ0n) is 9.71. The van der Waals surface area contributed by atoms with Crippen LogP contribution in [0, 0.1) is 0 Å². The van der Waals surface area contributed by atoms with Crippen LogP contribution in [0.25, 0.3) is 10.8 Å². The number of hydrogen-bond acceptors (Lipinski definition) is 1. The van der Waals surface area contributed by atoms with Gasteiger partial charge in [0.15, 0.2) is 0 Å². The SMILES string of the molecule is CCC(F)(F)CNc1cccc2ccccc12. The maximum Gasteiger partial charge on any atom is 0.264 e. The standard InChI is InChI=1S/C14H15F2N/c1-2-14(15,16)10-17-13-9-5-7-11-6-3-4-8-12(11)13/h3-9,17H,2,10H2,1H3. The molecule has 0 amide bonds. The van der Waals surface area contributed by atoms with Gasteiger partial charge in [0.1, 0.15) is 0 Å². The highest BCUT2D eigenvalue weighted by Gasteiger charge is 2.25. The van der Waals surface area contributed by atoms with Gasteiger partial charge < -0.3 is 5.32 Å². The first-order valence-corrected chi connectivity index (χ1v) is 5.72. The molecule has 0 unspecified atom stereocenters. The molecule has 0 aliphatic carbocycles. The molecule has 0 atom stereocenters. The van der Waals surface area contributed by atoms with Crippen molar-refractivity contribution in [3.8, 4) is 0 Å². The van der Waals surface area contributed by atoms with E-state index in [0.717, 1.165) is 16.5 Å². The first-order valence-electron chi connectivity index (χ1n) is 5.72. The van der Waals surface area contributed by atoms with Crippen molar-refractivity contribution >= 4 is 16.5 Å². The van der Waals surface area contributed by atoms with Crippen molar-refractivity contribution in [2.75, 3.05) is 11.9 Å². The van der Waals surface area contributed by atoms with Crippen LogP contribution in [0.3, 0.4) is 0 Å². The quantitative estimate of drug-likeness (QED) is 0.833. The van der Waals surface area contributed by atoms with Gasteiger partial charge in [-0.25, -0.2) is 8.78 Å². The highest BCUT2D eigenvalue weighted by atomic mass is 19.3. The van der Waals surface area contributed by atoms with Gasteiger partial charge in [-0.1, -0.05) is 43.3 Å². The molecule has 0 saturated heterocycles. The van der Waals surface area contributed by atoms with E-state index in [-0.39, 0.29) is 13.0 Å². The summed E-state index contributed by atoms with van der Waals surface area (Å²) < 4.78 is 26.4. The van der Waals surface area contributed by atoms with E-state index in [9.17, 15) is 8.78 Å². The molecule has 0 heterocycles. The van der Waals surface area contributed by atoms with Crippen molar-refractivity contribution < 1.29 is 8.78 Å². The van der Waals surface area contributed by atoms with Gasteiger partial charge in [0.2, 0.25) is 0 Å². The Labute approximate surface area is 99.5 Å². The molecular weight excluding hydrogens is 220 g/mol. The van der Waals surface area contributed by atoms with E-state index in [2.05, 4.69) is 5.32 Å². The summed E-state index contributed by atoms with van der Waals surface area (Å²) in [6.45, 7) is 1.17. The molecule has 2 rings (SSSR count). The van der Waals surface area contributed by atoms with Crippen LogP contribution in [0.2, 0.25) is 0 Å². The van der Waals surface area contributed by atoms with Crippen molar-refractivity contribution in [1.82, 2.24) is 0 Å². The van der Waals surface area contributed by atoms with Crippen LogP contribution in [0.15, 0.2) is 42.5 Å². The molecule has 3 heteroatoms. The molecule has 90 valence electrons. The van der Waals surface area contributed by atoms with Crippen LogP contribution in [0.1, 0.15) is 13.3 Å². The predicted octanol–water partition coefficient (Wildman–Crippen LogP) is 4.30. The van der Waals surface area contributed by atoms with Crippen molar-refractivity contribution in [3.63, 3.8) is 0 Å². The second-order valence-electron chi connectivity index (χ2n) is 4.09. The van der Waals surface area contributed by atoms with Gasteiger partial charge in [0.25, 0.3) is 5.92 Å². The summed E-state index contributed by atoms with van der Waals surface area (Å²) in [5.41, 5.74) is 0.760. The van der Waals surface area contributed by atoms with Crippen LogP contribution in [0.4, 0.5) is 14.5 Å². The minimum absolute atomic E-state index is 0.148. The minimum Gasteiger partial charge on any atom is -0.378 e. The fourth-order valence-electron chi connectivity index (χ4n) is 1.73. The zero-order chi connectivity index (χ0) is 12.3. The third-order valence-corrected chi connectivity index (χ3v) is 2.84. The lowest BCUT2D eigenvalue weighted by Crippen LogP contribution is -2.26. The summed E-state index contributed by atoms with van der Waals surface area (Å²) in [6, 6.07) is 13.4. The first kappa shape index (κ1) is 11.8. The molecule has 17 heavy (non-hydrogen) atoms. The van der Waals surface area contributed by atoms with Crippen LogP contribution in [0.5, 0.6) is 0 Å². The Hall–Kier alpha value is -1.64. The summed E-state index contributed by atoms with van der Waals surface area (Å²) in [6.07, 6.45) is -0.148. The van der Waals surface area contributed by atoms with E-state index in [4.69, 9.17) is 0 Å². The fourth-order valence-corrected chi connectivity index (χ4v) is 1.73. The fraction of sp³-hybridized carbons (Fsp3) is 0.286. The molecule has 0 aromatic heterocycles.